The van der Waals surface area contributed by atoms with Gasteiger partial charge in [-0.15, -0.1) is 0 Å². The number of benzene rings is 1. The summed E-state index contributed by atoms with van der Waals surface area (Å²) in [6, 6.07) is 8.95. The van der Waals surface area contributed by atoms with Crippen molar-refractivity contribution in [3.8, 4) is 5.88 Å². The molecule has 1 aromatic carbocycles. The van der Waals surface area contributed by atoms with Crippen LogP contribution < -0.4 is 10.1 Å². The summed E-state index contributed by atoms with van der Waals surface area (Å²) in [5, 5.41) is 3.41. The molecule has 0 saturated heterocycles. The number of ether oxygens (including phenoxy) is 1. The fourth-order valence-electron chi connectivity index (χ4n) is 2.30. The molecule has 0 amide bonds. The maximum atomic E-state index is 13.7. The van der Waals surface area contributed by atoms with Crippen LogP contribution in [0, 0.1) is 5.82 Å². The Morgan fingerprint density at radius 3 is 2.86 bits per heavy atom. The molecule has 0 bridgehead atoms. The molecule has 5 heteroatoms. The number of nitrogens with zero attached hydrogens (tertiary/aromatic N) is 1. The quantitative estimate of drug-likeness (QED) is 0.856. The van der Waals surface area contributed by atoms with Crippen LogP contribution in [0.2, 0.25) is 0 Å². The third kappa shape index (κ3) is 3.80. The van der Waals surface area contributed by atoms with Gasteiger partial charge in [-0.3, -0.25) is 0 Å². The molecule has 0 aliphatic carbocycles. The highest BCUT2D eigenvalue weighted by atomic mass is 79.9. The Morgan fingerprint density at radius 1 is 1.33 bits per heavy atom. The summed E-state index contributed by atoms with van der Waals surface area (Å²) in [5.74, 6) is 0.344. The summed E-state index contributed by atoms with van der Waals surface area (Å²) >= 11 is 3.32. The van der Waals surface area contributed by atoms with Gasteiger partial charge in [-0.1, -0.05) is 25.1 Å². The Morgan fingerprint density at radius 2 is 2.14 bits per heavy atom. The molecule has 0 aliphatic rings. The van der Waals surface area contributed by atoms with Crippen molar-refractivity contribution in [2.24, 2.45) is 0 Å². The molecule has 0 fully saturated rings. The number of hydrogen-bond acceptors (Lipinski definition) is 3. The maximum absolute atomic E-state index is 13.7. The highest BCUT2D eigenvalue weighted by molar-refractivity contribution is 9.10. The molecule has 0 saturated carbocycles. The molecule has 1 atom stereocenters. The molecule has 1 aromatic heterocycles. The Hall–Kier alpha value is -1.46. The molecular formula is C16H18BrFN2O. The van der Waals surface area contributed by atoms with E-state index in [1.807, 2.05) is 25.1 Å². The molecule has 1 unspecified atom stereocenters. The molecule has 1 N–H and O–H groups in total. The van der Waals surface area contributed by atoms with Gasteiger partial charge in [0.1, 0.15) is 5.82 Å². The number of pyridine rings is 1. The van der Waals surface area contributed by atoms with Gasteiger partial charge in [-0.05, 0) is 46.6 Å². The van der Waals surface area contributed by atoms with Gasteiger partial charge in [0, 0.05) is 17.8 Å². The average molecular weight is 353 g/mol. The first-order valence-electron chi connectivity index (χ1n) is 6.82. The van der Waals surface area contributed by atoms with Gasteiger partial charge in [-0.2, -0.15) is 0 Å². The lowest BCUT2D eigenvalue weighted by molar-refractivity contribution is 0.382. The molecule has 0 aliphatic heterocycles. The van der Waals surface area contributed by atoms with Gasteiger partial charge in [0.05, 0.1) is 11.6 Å². The lowest BCUT2D eigenvalue weighted by Gasteiger charge is -2.20. The van der Waals surface area contributed by atoms with E-state index in [1.165, 1.54) is 6.07 Å². The number of rotatable bonds is 6. The van der Waals surface area contributed by atoms with Crippen molar-refractivity contribution in [1.82, 2.24) is 10.3 Å². The summed E-state index contributed by atoms with van der Waals surface area (Å²) in [6.07, 6.45) is 2.34. The average Bonchev–Trinajstić information content (AvgIpc) is 2.51. The van der Waals surface area contributed by atoms with Crippen LogP contribution in [0.1, 0.15) is 24.1 Å². The number of halogens is 2. The summed E-state index contributed by atoms with van der Waals surface area (Å²) in [5.41, 5.74) is 1.88. The summed E-state index contributed by atoms with van der Waals surface area (Å²) in [6.45, 7) is 2.84. The first-order valence-corrected chi connectivity index (χ1v) is 7.61. The molecule has 2 aromatic rings. The molecule has 0 radical (unpaired) electrons. The minimum absolute atomic E-state index is 0.0109. The number of aromatic nitrogens is 1. The van der Waals surface area contributed by atoms with Gasteiger partial charge in [-0.25, -0.2) is 9.37 Å². The largest absolute Gasteiger partial charge is 0.481 e. The molecule has 21 heavy (non-hydrogen) atoms. The highest BCUT2D eigenvalue weighted by Crippen LogP contribution is 2.29. The fourth-order valence-corrected chi connectivity index (χ4v) is 2.73. The Labute approximate surface area is 132 Å². The Bertz CT molecular complexity index is 607. The first-order chi connectivity index (χ1) is 10.2. The van der Waals surface area contributed by atoms with Crippen molar-refractivity contribution in [1.29, 1.82) is 0 Å². The Balaban J connectivity index is 2.33. The van der Waals surface area contributed by atoms with Gasteiger partial charge < -0.3 is 10.1 Å². The number of nitrogens with one attached hydrogen (secondary N) is 1. The zero-order valence-electron chi connectivity index (χ0n) is 12.1. The lowest BCUT2D eigenvalue weighted by Crippen LogP contribution is -2.24. The van der Waals surface area contributed by atoms with E-state index in [9.17, 15) is 4.39 Å². The zero-order valence-corrected chi connectivity index (χ0v) is 13.7. The topological polar surface area (TPSA) is 34.2 Å². The van der Waals surface area contributed by atoms with E-state index in [1.54, 1.807) is 19.4 Å². The monoisotopic (exact) mass is 352 g/mol. The second-order valence-electron chi connectivity index (χ2n) is 4.63. The van der Waals surface area contributed by atoms with Crippen molar-refractivity contribution in [3.05, 3.63) is 57.9 Å². The standard InChI is InChI=1S/C16H18BrFN2O/c1-3-19-14(12-7-5-9-20-16(12)21-2)10-11-6-4-8-13(18)15(11)17/h4-9,14,19H,3,10H2,1-2H3. The molecular weight excluding hydrogens is 335 g/mol. The summed E-state index contributed by atoms with van der Waals surface area (Å²) in [7, 11) is 1.60. The third-order valence-electron chi connectivity index (χ3n) is 3.28. The SMILES string of the molecule is CCNC(Cc1cccc(F)c1Br)c1cccnc1OC. The predicted octanol–water partition coefficient (Wildman–Crippen LogP) is 3.89. The zero-order chi connectivity index (χ0) is 15.2. The van der Waals surface area contributed by atoms with Crippen LogP contribution in [0.25, 0.3) is 0 Å². The van der Waals surface area contributed by atoms with E-state index in [2.05, 4.69) is 26.2 Å². The smallest absolute Gasteiger partial charge is 0.217 e. The maximum Gasteiger partial charge on any atom is 0.217 e. The third-order valence-corrected chi connectivity index (χ3v) is 4.16. The highest BCUT2D eigenvalue weighted by Gasteiger charge is 2.18. The minimum atomic E-state index is -0.249. The summed E-state index contributed by atoms with van der Waals surface area (Å²) in [4.78, 5) is 4.23. The van der Waals surface area contributed by atoms with Gasteiger partial charge in [0.25, 0.3) is 0 Å². The van der Waals surface area contributed by atoms with Crippen molar-refractivity contribution < 1.29 is 9.13 Å². The van der Waals surface area contributed by atoms with Crippen molar-refractivity contribution in [2.75, 3.05) is 13.7 Å². The molecule has 2 rings (SSSR count). The Kier molecular flexibility index (Phi) is 5.70. The van der Waals surface area contributed by atoms with E-state index >= 15 is 0 Å². The van der Waals surface area contributed by atoms with Gasteiger partial charge in [0.15, 0.2) is 0 Å². The minimum Gasteiger partial charge on any atom is -0.481 e. The second-order valence-corrected chi connectivity index (χ2v) is 5.42. The normalized spacial score (nSPS) is 12.2. The van der Waals surface area contributed by atoms with Crippen LogP contribution >= 0.6 is 15.9 Å². The van der Waals surface area contributed by atoms with Crippen LogP contribution in [0.5, 0.6) is 5.88 Å². The molecule has 3 nitrogen and oxygen atoms in total. The number of hydrogen-bond donors (Lipinski definition) is 1. The van der Waals surface area contributed by atoms with E-state index in [-0.39, 0.29) is 11.9 Å². The van der Waals surface area contributed by atoms with E-state index in [4.69, 9.17) is 4.74 Å². The summed E-state index contributed by atoms with van der Waals surface area (Å²) < 4.78 is 19.5. The first kappa shape index (κ1) is 15.9. The van der Waals surface area contributed by atoms with Crippen LogP contribution in [0.4, 0.5) is 4.39 Å². The molecule has 0 spiro atoms. The van der Waals surface area contributed by atoms with Gasteiger partial charge >= 0.3 is 0 Å². The lowest BCUT2D eigenvalue weighted by atomic mass is 9.99. The second kappa shape index (κ2) is 7.52. The van der Waals surface area contributed by atoms with E-state index < -0.39 is 0 Å². The van der Waals surface area contributed by atoms with Crippen molar-refractivity contribution in [3.63, 3.8) is 0 Å². The molecule has 1 heterocycles. The van der Waals surface area contributed by atoms with Crippen molar-refractivity contribution >= 4 is 15.9 Å². The van der Waals surface area contributed by atoms with E-state index in [0.717, 1.165) is 17.7 Å². The van der Waals surface area contributed by atoms with Crippen LogP contribution in [0.15, 0.2) is 41.0 Å². The van der Waals surface area contributed by atoms with Gasteiger partial charge in [0.2, 0.25) is 5.88 Å². The van der Waals surface area contributed by atoms with Crippen molar-refractivity contribution in [2.45, 2.75) is 19.4 Å². The number of methoxy groups -OCH3 is 1. The van der Waals surface area contributed by atoms with Crippen LogP contribution in [-0.2, 0) is 6.42 Å². The van der Waals surface area contributed by atoms with Crippen LogP contribution in [-0.4, -0.2) is 18.6 Å². The van der Waals surface area contributed by atoms with E-state index in [0.29, 0.717) is 16.8 Å². The predicted molar refractivity (Wildman–Crippen MR) is 85.0 cm³/mol. The fraction of sp³-hybridized carbons (Fsp3) is 0.312. The molecule has 112 valence electrons. The van der Waals surface area contributed by atoms with Crippen LogP contribution in [0.3, 0.4) is 0 Å². The number of likely N-dealkylation sites (N-methyl/N-ethyl adjacent to an activating group) is 1.